The summed E-state index contributed by atoms with van der Waals surface area (Å²) in [5.74, 6) is 1.00. The summed E-state index contributed by atoms with van der Waals surface area (Å²) in [5, 5.41) is 0.543. The molecule has 0 amide bonds. The summed E-state index contributed by atoms with van der Waals surface area (Å²) in [6, 6.07) is 10.5. The average Bonchev–Trinajstić information content (AvgIpc) is 2.22. The fourth-order valence-corrected chi connectivity index (χ4v) is 1.30. The summed E-state index contributed by atoms with van der Waals surface area (Å²) < 4.78 is 5.47. The highest BCUT2D eigenvalue weighted by atomic mass is 35.5. The highest BCUT2D eigenvalue weighted by molar-refractivity contribution is 6.32. The Morgan fingerprint density at radius 3 is 2.73 bits per heavy atom. The number of hydrogen-bond donors (Lipinski definition) is 1. The van der Waals surface area contributed by atoms with E-state index in [1.807, 2.05) is 12.1 Å². The van der Waals surface area contributed by atoms with Gasteiger partial charge in [0.05, 0.1) is 5.02 Å². The van der Waals surface area contributed by atoms with Crippen LogP contribution in [-0.4, -0.2) is 4.98 Å². The number of anilines is 1. The predicted molar refractivity (Wildman–Crippen MR) is 60.2 cm³/mol. The second kappa shape index (κ2) is 4.19. The first-order chi connectivity index (χ1) is 7.25. The lowest BCUT2D eigenvalue weighted by molar-refractivity contribution is 0.463. The van der Waals surface area contributed by atoms with E-state index in [1.54, 1.807) is 30.5 Å². The lowest BCUT2D eigenvalue weighted by Crippen LogP contribution is -1.90. The van der Waals surface area contributed by atoms with Crippen molar-refractivity contribution in [2.24, 2.45) is 0 Å². The monoisotopic (exact) mass is 220 g/mol. The van der Waals surface area contributed by atoms with Gasteiger partial charge in [-0.2, -0.15) is 0 Å². The van der Waals surface area contributed by atoms with E-state index in [9.17, 15) is 0 Å². The highest BCUT2D eigenvalue weighted by Gasteiger charge is 2.02. The Hall–Kier alpha value is -1.74. The largest absolute Gasteiger partial charge is 0.437 e. The number of pyridine rings is 1. The second-order valence-corrected chi connectivity index (χ2v) is 3.37. The molecule has 3 nitrogen and oxygen atoms in total. The molecule has 2 rings (SSSR count). The molecule has 0 bridgehead atoms. The van der Waals surface area contributed by atoms with Crippen LogP contribution < -0.4 is 10.5 Å². The molecule has 0 radical (unpaired) electrons. The Bertz CT molecular complexity index is 474. The number of hydrogen-bond acceptors (Lipinski definition) is 3. The van der Waals surface area contributed by atoms with Crippen LogP contribution >= 0.6 is 11.6 Å². The molecule has 2 N–H and O–H groups in total. The Labute approximate surface area is 92.5 Å². The normalized spacial score (nSPS) is 9.93. The van der Waals surface area contributed by atoms with Crippen molar-refractivity contribution in [3.05, 3.63) is 47.6 Å². The van der Waals surface area contributed by atoms with E-state index in [2.05, 4.69) is 4.98 Å². The molecule has 0 spiro atoms. The zero-order valence-electron chi connectivity index (χ0n) is 7.85. The van der Waals surface area contributed by atoms with Gasteiger partial charge in [0.2, 0.25) is 5.88 Å². The molecule has 15 heavy (non-hydrogen) atoms. The summed E-state index contributed by atoms with van der Waals surface area (Å²) >= 11 is 5.93. The number of benzene rings is 1. The third kappa shape index (κ3) is 2.39. The molecule has 0 aliphatic heterocycles. The quantitative estimate of drug-likeness (QED) is 0.846. The van der Waals surface area contributed by atoms with Crippen LogP contribution in [0.25, 0.3) is 0 Å². The minimum Gasteiger partial charge on any atom is -0.437 e. The maximum Gasteiger partial charge on any atom is 0.221 e. The van der Waals surface area contributed by atoms with E-state index in [-0.39, 0.29) is 0 Å². The summed E-state index contributed by atoms with van der Waals surface area (Å²) in [6.07, 6.45) is 1.58. The van der Waals surface area contributed by atoms with Crippen molar-refractivity contribution in [3.63, 3.8) is 0 Å². The minimum atomic E-state index is 0.433. The van der Waals surface area contributed by atoms with E-state index in [0.29, 0.717) is 22.3 Å². The van der Waals surface area contributed by atoms with Gasteiger partial charge < -0.3 is 10.5 Å². The maximum atomic E-state index is 5.93. The van der Waals surface area contributed by atoms with Gasteiger partial charge in [0, 0.05) is 18.0 Å². The molecular weight excluding hydrogens is 212 g/mol. The van der Waals surface area contributed by atoms with Crippen molar-refractivity contribution < 1.29 is 4.74 Å². The molecule has 0 fully saturated rings. The van der Waals surface area contributed by atoms with Crippen molar-refractivity contribution in [2.45, 2.75) is 0 Å². The molecule has 0 aliphatic carbocycles. The van der Waals surface area contributed by atoms with Gasteiger partial charge in [0.1, 0.15) is 5.75 Å². The first-order valence-electron chi connectivity index (χ1n) is 4.39. The highest BCUT2D eigenvalue weighted by Crippen LogP contribution is 2.28. The molecule has 2 aromatic rings. The number of nitrogens with two attached hydrogens (primary N) is 1. The third-order valence-corrected chi connectivity index (χ3v) is 2.12. The number of nitrogen functional groups attached to an aromatic ring is 1. The molecule has 0 atom stereocenters. The second-order valence-electron chi connectivity index (χ2n) is 2.96. The first-order valence-corrected chi connectivity index (χ1v) is 4.77. The Morgan fingerprint density at radius 2 is 2.00 bits per heavy atom. The number of aromatic nitrogens is 1. The molecule has 4 heteroatoms. The SMILES string of the molecule is Nc1ccnc(Oc2ccccc2Cl)c1. The van der Waals surface area contributed by atoms with Crippen molar-refractivity contribution in [3.8, 4) is 11.6 Å². The van der Waals surface area contributed by atoms with E-state index >= 15 is 0 Å². The predicted octanol–water partition coefficient (Wildman–Crippen LogP) is 3.11. The Balaban J connectivity index is 2.26. The van der Waals surface area contributed by atoms with Crippen LogP contribution in [0, 0.1) is 0 Å². The van der Waals surface area contributed by atoms with Gasteiger partial charge in [-0.15, -0.1) is 0 Å². The standard InChI is InChI=1S/C11H9ClN2O/c12-9-3-1-2-4-10(9)15-11-7-8(13)5-6-14-11/h1-7H,(H2,13,14). The van der Waals surface area contributed by atoms with Crippen LogP contribution in [0.1, 0.15) is 0 Å². The zero-order valence-corrected chi connectivity index (χ0v) is 8.61. The van der Waals surface area contributed by atoms with Crippen LogP contribution in [0.3, 0.4) is 0 Å². The van der Waals surface area contributed by atoms with E-state index in [1.165, 1.54) is 0 Å². The van der Waals surface area contributed by atoms with Crippen LogP contribution in [0.4, 0.5) is 5.69 Å². The molecule has 76 valence electrons. The van der Waals surface area contributed by atoms with Gasteiger partial charge in [-0.1, -0.05) is 23.7 Å². The van der Waals surface area contributed by atoms with Crippen LogP contribution in [-0.2, 0) is 0 Å². The summed E-state index contributed by atoms with van der Waals surface area (Å²) in [4.78, 5) is 4.02. The zero-order chi connectivity index (χ0) is 10.7. The first kappa shape index (κ1) is 9.80. The Kier molecular flexibility index (Phi) is 2.74. The van der Waals surface area contributed by atoms with Crippen molar-refractivity contribution >= 4 is 17.3 Å². The molecule has 0 unspecified atom stereocenters. The molecule has 1 aromatic heterocycles. The number of ether oxygens (including phenoxy) is 1. The summed E-state index contributed by atoms with van der Waals surface area (Å²) in [6.45, 7) is 0. The molecule has 1 heterocycles. The van der Waals surface area contributed by atoms with Gasteiger partial charge in [-0.25, -0.2) is 4.98 Å². The topological polar surface area (TPSA) is 48.1 Å². The molecular formula is C11H9ClN2O. The number of para-hydroxylation sites is 1. The summed E-state index contributed by atoms with van der Waals surface area (Å²) in [7, 11) is 0. The van der Waals surface area contributed by atoms with E-state index in [4.69, 9.17) is 22.1 Å². The fraction of sp³-hybridized carbons (Fsp3) is 0. The van der Waals surface area contributed by atoms with Crippen LogP contribution in [0.2, 0.25) is 5.02 Å². The number of nitrogens with zero attached hydrogens (tertiary/aromatic N) is 1. The smallest absolute Gasteiger partial charge is 0.221 e. The van der Waals surface area contributed by atoms with Gasteiger partial charge in [-0.05, 0) is 18.2 Å². The van der Waals surface area contributed by atoms with Gasteiger partial charge in [0.25, 0.3) is 0 Å². The van der Waals surface area contributed by atoms with Gasteiger partial charge in [0.15, 0.2) is 0 Å². The molecule has 0 aliphatic rings. The van der Waals surface area contributed by atoms with Crippen molar-refractivity contribution in [2.75, 3.05) is 5.73 Å². The van der Waals surface area contributed by atoms with Gasteiger partial charge >= 0.3 is 0 Å². The number of rotatable bonds is 2. The van der Waals surface area contributed by atoms with E-state index in [0.717, 1.165) is 0 Å². The van der Waals surface area contributed by atoms with Crippen LogP contribution in [0.15, 0.2) is 42.6 Å². The van der Waals surface area contributed by atoms with Crippen LogP contribution in [0.5, 0.6) is 11.6 Å². The third-order valence-electron chi connectivity index (χ3n) is 1.81. The van der Waals surface area contributed by atoms with Crippen molar-refractivity contribution in [1.82, 2.24) is 4.98 Å². The lowest BCUT2D eigenvalue weighted by Gasteiger charge is -2.06. The van der Waals surface area contributed by atoms with E-state index < -0.39 is 0 Å². The van der Waals surface area contributed by atoms with Gasteiger partial charge in [-0.3, -0.25) is 0 Å². The lowest BCUT2D eigenvalue weighted by atomic mass is 10.3. The minimum absolute atomic E-state index is 0.433. The molecule has 0 saturated carbocycles. The summed E-state index contributed by atoms with van der Waals surface area (Å²) in [5.41, 5.74) is 6.20. The van der Waals surface area contributed by atoms with Crippen molar-refractivity contribution in [1.29, 1.82) is 0 Å². The Morgan fingerprint density at radius 1 is 1.20 bits per heavy atom. The average molecular weight is 221 g/mol. The fourth-order valence-electron chi connectivity index (χ4n) is 1.12. The molecule has 1 aromatic carbocycles. The number of halogens is 1. The maximum absolute atomic E-state index is 5.93. The molecule has 0 saturated heterocycles.